The van der Waals surface area contributed by atoms with E-state index >= 15 is 0 Å². The van der Waals surface area contributed by atoms with Crippen LogP contribution in [0.4, 0.5) is 5.95 Å². The molecule has 3 amide bonds. The van der Waals surface area contributed by atoms with Crippen LogP contribution in [0.2, 0.25) is 0 Å². The second-order valence-electron chi connectivity index (χ2n) is 13.6. The predicted molar refractivity (Wildman–Crippen MR) is 163 cm³/mol. The molecule has 0 spiro atoms. The van der Waals surface area contributed by atoms with Gasteiger partial charge in [0.25, 0.3) is 5.91 Å². The van der Waals surface area contributed by atoms with Crippen molar-refractivity contribution in [1.82, 2.24) is 25.1 Å². The van der Waals surface area contributed by atoms with Crippen molar-refractivity contribution in [1.29, 1.82) is 0 Å². The number of carbonyl (C=O) groups excluding carboxylic acids is 3. The first kappa shape index (κ1) is 27.2. The van der Waals surface area contributed by atoms with E-state index in [0.29, 0.717) is 42.6 Å². The number of aromatic nitrogens is 2. The van der Waals surface area contributed by atoms with Crippen molar-refractivity contribution in [2.45, 2.75) is 69.5 Å². The van der Waals surface area contributed by atoms with Gasteiger partial charge in [-0.3, -0.25) is 24.6 Å². The van der Waals surface area contributed by atoms with Gasteiger partial charge in [0.1, 0.15) is 17.9 Å². The molecule has 232 valence electrons. The van der Waals surface area contributed by atoms with Crippen LogP contribution < -0.4 is 15.0 Å². The fraction of sp³-hybridized carbons (Fsp3) is 0.500. The van der Waals surface area contributed by atoms with E-state index in [1.807, 2.05) is 18.3 Å². The van der Waals surface area contributed by atoms with Gasteiger partial charge >= 0.3 is 0 Å². The third kappa shape index (κ3) is 4.75. The fourth-order valence-electron chi connectivity index (χ4n) is 8.56. The van der Waals surface area contributed by atoms with Crippen LogP contribution in [0, 0.1) is 11.8 Å². The highest BCUT2D eigenvalue weighted by molar-refractivity contribution is 6.05. The molecule has 5 fully saturated rings. The molecule has 0 saturated carbocycles. The molecular weight excluding hydrogens is 572 g/mol. The molecule has 2 aromatic carbocycles. The van der Waals surface area contributed by atoms with E-state index in [9.17, 15) is 14.4 Å². The van der Waals surface area contributed by atoms with E-state index in [2.05, 4.69) is 33.3 Å². The molecule has 0 radical (unpaired) electrons. The summed E-state index contributed by atoms with van der Waals surface area (Å²) < 4.78 is 12.5. The lowest BCUT2D eigenvalue weighted by molar-refractivity contribution is -0.136. The van der Waals surface area contributed by atoms with Crippen LogP contribution in [0.3, 0.4) is 0 Å². The van der Waals surface area contributed by atoms with Crippen LogP contribution in [-0.4, -0.2) is 88.0 Å². The minimum absolute atomic E-state index is 0.0540. The highest BCUT2D eigenvalue weighted by Gasteiger charge is 2.53. The van der Waals surface area contributed by atoms with E-state index in [-0.39, 0.29) is 24.3 Å². The smallest absolute Gasteiger partial charge is 0.255 e. The Balaban J connectivity index is 0.813. The number of ether oxygens (including phenoxy) is 2. The Kier molecular flexibility index (Phi) is 6.35. The number of likely N-dealkylation sites (tertiary alicyclic amines) is 1. The van der Waals surface area contributed by atoms with Gasteiger partial charge < -0.3 is 19.3 Å². The van der Waals surface area contributed by atoms with Crippen molar-refractivity contribution in [3.05, 3.63) is 59.3 Å². The summed E-state index contributed by atoms with van der Waals surface area (Å²) in [6.07, 6.45) is 6.81. The Labute approximate surface area is 260 Å². The first-order valence-electron chi connectivity index (χ1n) is 16.3. The van der Waals surface area contributed by atoms with E-state index in [0.717, 1.165) is 67.3 Å². The van der Waals surface area contributed by atoms with Crippen LogP contribution in [-0.2, 0) is 27.4 Å². The minimum Gasteiger partial charge on any atom is -0.489 e. The quantitative estimate of drug-likeness (QED) is 0.422. The number of amides is 3. The second-order valence-corrected chi connectivity index (χ2v) is 13.6. The summed E-state index contributed by atoms with van der Waals surface area (Å²) >= 11 is 0. The zero-order valence-electron chi connectivity index (χ0n) is 25.1. The zero-order chi connectivity index (χ0) is 30.2. The Morgan fingerprint density at radius 1 is 0.956 bits per heavy atom. The summed E-state index contributed by atoms with van der Waals surface area (Å²) in [5.41, 5.74) is 3.66. The van der Waals surface area contributed by atoms with Gasteiger partial charge in [-0.25, -0.2) is 9.97 Å². The summed E-state index contributed by atoms with van der Waals surface area (Å²) in [6.45, 7) is 4.92. The summed E-state index contributed by atoms with van der Waals surface area (Å²) in [6, 6.07) is 11.4. The molecule has 6 aliphatic rings. The van der Waals surface area contributed by atoms with Gasteiger partial charge in [-0.2, -0.15) is 0 Å². The minimum atomic E-state index is -0.616. The third-order valence-electron chi connectivity index (χ3n) is 10.8. The molecule has 0 aliphatic carbocycles. The Bertz CT molecular complexity index is 1710. The summed E-state index contributed by atoms with van der Waals surface area (Å²) in [5, 5.41) is 3.41. The van der Waals surface area contributed by atoms with Gasteiger partial charge in [0.15, 0.2) is 0 Å². The van der Waals surface area contributed by atoms with E-state index in [1.165, 1.54) is 18.4 Å². The van der Waals surface area contributed by atoms with Gasteiger partial charge in [-0.15, -0.1) is 0 Å². The number of carbonyl (C=O) groups is 3. The maximum absolute atomic E-state index is 13.0. The lowest BCUT2D eigenvalue weighted by Crippen LogP contribution is -2.52. The molecule has 6 atom stereocenters. The summed E-state index contributed by atoms with van der Waals surface area (Å²) in [5.74, 6) is 1.97. The Morgan fingerprint density at radius 3 is 2.62 bits per heavy atom. The van der Waals surface area contributed by atoms with Gasteiger partial charge in [0, 0.05) is 74.7 Å². The van der Waals surface area contributed by atoms with Crippen molar-refractivity contribution in [3.63, 3.8) is 0 Å². The first-order valence-corrected chi connectivity index (χ1v) is 16.3. The molecule has 9 rings (SSSR count). The highest BCUT2D eigenvalue weighted by Crippen LogP contribution is 2.47. The van der Waals surface area contributed by atoms with Crippen LogP contribution >= 0.6 is 0 Å². The Hall–Kier alpha value is -4.09. The van der Waals surface area contributed by atoms with Crippen LogP contribution in [0.25, 0.3) is 10.9 Å². The van der Waals surface area contributed by atoms with Crippen molar-refractivity contribution in [2.75, 3.05) is 31.1 Å². The Morgan fingerprint density at radius 2 is 1.80 bits per heavy atom. The fourth-order valence-corrected chi connectivity index (χ4v) is 8.56. The molecule has 1 N–H and O–H groups in total. The molecule has 11 heteroatoms. The monoisotopic (exact) mass is 608 g/mol. The van der Waals surface area contributed by atoms with E-state index in [4.69, 9.17) is 19.4 Å². The van der Waals surface area contributed by atoms with Gasteiger partial charge in [0.05, 0.1) is 17.7 Å². The summed E-state index contributed by atoms with van der Waals surface area (Å²) in [4.78, 5) is 53.0. The van der Waals surface area contributed by atoms with Crippen molar-refractivity contribution in [2.24, 2.45) is 11.8 Å². The lowest BCUT2D eigenvalue weighted by atomic mass is 9.82. The molecule has 5 saturated heterocycles. The number of rotatable bonds is 6. The average Bonchev–Trinajstić information content (AvgIpc) is 3.86. The number of hydrogen-bond acceptors (Lipinski definition) is 9. The molecule has 45 heavy (non-hydrogen) atoms. The van der Waals surface area contributed by atoms with Gasteiger partial charge in [0.2, 0.25) is 17.8 Å². The number of nitrogens with one attached hydrogen (secondary N) is 1. The normalized spacial score (nSPS) is 30.8. The number of nitrogens with zero attached hydrogens (tertiary/aromatic N) is 5. The number of anilines is 1. The van der Waals surface area contributed by atoms with Gasteiger partial charge in [-0.05, 0) is 67.1 Å². The van der Waals surface area contributed by atoms with Gasteiger partial charge in [-0.1, -0.05) is 6.07 Å². The number of piperidine rings is 1. The zero-order valence-corrected chi connectivity index (χ0v) is 25.1. The molecule has 1 aromatic heterocycles. The second kappa shape index (κ2) is 10.5. The topological polar surface area (TPSA) is 117 Å². The molecule has 11 nitrogen and oxygen atoms in total. The maximum Gasteiger partial charge on any atom is 0.255 e. The highest BCUT2D eigenvalue weighted by atomic mass is 16.5. The maximum atomic E-state index is 13.0. The van der Waals surface area contributed by atoms with Crippen LogP contribution in [0.5, 0.6) is 5.75 Å². The first-order chi connectivity index (χ1) is 21.9. The number of fused-ring (bicyclic) bond motifs is 7. The van der Waals surface area contributed by atoms with Crippen molar-refractivity contribution < 1.29 is 23.9 Å². The predicted octanol–water partition coefficient (Wildman–Crippen LogP) is 2.66. The lowest BCUT2D eigenvalue weighted by Gasteiger charge is -2.29. The van der Waals surface area contributed by atoms with Crippen molar-refractivity contribution >= 4 is 34.6 Å². The van der Waals surface area contributed by atoms with Crippen molar-refractivity contribution in [3.8, 4) is 5.75 Å². The summed E-state index contributed by atoms with van der Waals surface area (Å²) in [7, 11) is 0. The standard InChI is InChI=1S/C34H36N6O5/c41-31-8-5-28(32(42)37-31)40-15-21-12-22(2-3-24(21)33(40)43)44-23-9-10-38(16-23)14-19-1-4-27-20(11-19)13-35-34(36-27)39-17-25-26(18-39)30-7-6-29(25)45-30/h1-4,11-13,23,25-26,28-30H,5-10,14-18H2,(H,37,41,42)/t23-,25-,26+,28?,29?,30?/m0/s1. The molecule has 7 heterocycles. The van der Waals surface area contributed by atoms with E-state index < -0.39 is 11.9 Å². The third-order valence-corrected chi connectivity index (χ3v) is 10.8. The van der Waals surface area contributed by atoms with Crippen LogP contribution in [0.1, 0.15) is 53.6 Å². The largest absolute Gasteiger partial charge is 0.489 e. The SMILES string of the molecule is O=C1CCC(N2Cc3cc(O[C@H]4CCN(Cc5ccc6nc(N7C[C@@H]8C9CCC(O9)[C@@H]8C7)ncc6c5)C4)ccc3C2=O)C(=O)N1. The molecule has 3 unspecified atom stereocenters. The molecule has 2 bridgehead atoms. The average molecular weight is 609 g/mol. The number of imide groups is 1. The number of hydrogen-bond donors (Lipinski definition) is 1. The molecule has 3 aromatic rings. The van der Waals surface area contributed by atoms with Crippen LogP contribution in [0.15, 0.2) is 42.6 Å². The number of benzene rings is 2. The van der Waals surface area contributed by atoms with E-state index in [1.54, 1.807) is 11.0 Å². The molecule has 6 aliphatic heterocycles. The molecular formula is C34H36N6O5.